The first-order chi connectivity index (χ1) is 8.72. The molecule has 0 bridgehead atoms. The van der Waals surface area contributed by atoms with Gasteiger partial charge in [0.2, 0.25) is 5.88 Å². The van der Waals surface area contributed by atoms with Crippen molar-refractivity contribution >= 4 is 5.91 Å². The number of aromatic nitrogens is 1. The van der Waals surface area contributed by atoms with Crippen LogP contribution < -0.4 is 10.1 Å². The SMILES string of the molecule is COc1ncccc1C(=O)N[C@H](C)[C@@H]1CCCO1. The number of rotatable bonds is 4. The Kier molecular flexibility index (Phi) is 4.15. The van der Waals surface area contributed by atoms with Crippen molar-refractivity contribution in [1.29, 1.82) is 0 Å². The molecule has 2 atom stereocenters. The van der Waals surface area contributed by atoms with Crippen LogP contribution in [0, 0.1) is 0 Å². The fraction of sp³-hybridized carbons (Fsp3) is 0.538. The van der Waals surface area contributed by atoms with Crippen molar-refractivity contribution in [1.82, 2.24) is 10.3 Å². The highest BCUT2D eigenvalue weighted by atomic mass is 16.5. The molecule has 1 aromatic heterocycles. The summed E-state index contributed by atoms with van der Waals surface area (Å²) in [6, 6.07) is 3.40. The molecule has 0 spiro atoms. The molecular formula is C13H18N2O3. The van der Waals surface area contributed by atoms with Gasteiger partial charge in [-0.05, 0) is 31.9 Å². The Labute approximate surface area is 107 Å². The normalized spacial score (nSPS) is 20.4. The molecule has 1 saturated heterocycles. The lowest BCUT2D eigenvalue weighted by Gasteiger charge is -2.20. The smallest absolute Gasteiger partial charge is 0.257 e. The van der Waals surface area contributed by atoms with Crippen molar-refractivity contribution < 1.29 is 14.3 Å². The maximum absolute atomic E-state index is 12.1. The molecule has 1 N–H and O–H groups in total. The van der Waals surface area contributed by atoms with E-state index >= 15 is 0 Å². The van der Waals surface area contributed by atoms with E-state index in [9.17, 15) is 4.79 Å². The largest absolute Gasteiger partial charge is 0.480 e. The highest BCUT2D eigenvalue weighted by molar-refractivity contribution is 5.96. The van der Waals surface area contributed by atoms with Gasteiger partial charge in [0.1, 0.15) is 5.56 Å². The molecule has 98 valence electrons. The maximum atomic E-state index is 12.1. The minimum absolute atomic E-state index is 0.00934. The van der Waals surface area contributed by atoms with Crippen LogP contribution in [0.2, 0.25) is 0 Å². The predicted molar refractivity (Wildman–Crippen MR) is 66.7 cm³/mol. The monoisotopic (exact) mass is 250 g/mol. The zero-order valence-corrected chi connectivity index (χ0v) is 10.7. The standard InChI is InChI=1S/C13H18N2O3/c1-9(11-6-4-8-18-11)15-12(16)10-5-3-7-14-13(10)17-2/h3,5,7,9,11H,4,6,8H2,1-2H3,(H,15,16)/t9-,11+/m1/s1. The van der Waals surface area contributed by atoms with Crippen molar-refractivity contribution in [3.63, 3.8) is 0 Å². The highest BCUT2D eigenvalue weighted by Crippen LogP contribution is 2.17. The summed E-state index contributed by atoms with van der Waals surface area (Å²) < 4.78 is 10.6. The van der Waals surface area contributed by atoms with E-state index in [1.54, 1.807) is 18.3 Å². The lowest BCUT2D eigenvalue weighted by atomic mass is 10.1. The zero-order valence-electron chi connectivity index (χ0n) is 10.7. The maximum Gasteiger partial charge on any atom is 0.257 e. The molecule has 1 aliphatic rings. The van der Waals surface area contributed by atoms with Gasteiger partial charge in [-0.15, -0.1) is 0 Å². The Hall–Kier alpha value is -1.62. The van der Waals surface area contributed by atoms with Gasteiger partial charge < -0.3 is 14.8 Å². The third-order valence-electron chi connectivity index (χ3n) is 3.09. The summed E-state index contributed by atoms with van der Waals surface area (Å²) >= 11 is 0. The zero-order chi connectivity index (χ0) is 13.0. The van der Waals surface area contributed by atoms with E-state index in [1.165, 1.54) is 7.11 Å². The Bertz CT molecular complexity index is 416. The summed E-state index contributed by atoms with van der Waals surface area (Å²) in [6.45, 7) is 2.73. The second kappa shape index (κ2) is 5.82. The van der Waals surface area contributed by atoms with Crippen LogP contribution in [-0.2, 0) is 4.74 Å². The van der Waals surface area contributed by atoms with Gasteiger partial charge in [-0.25, -0.2) is 4.98 Å². The average Bonchev–Trinajstić information content (AvgIpc) is 2.92. The number of hydrogen-bond acceptors (Lipinski definition) is 4. The Morgan fingerprint density at radius 3 is 3.17 bits per heavy atom. The van der Waals surface area contributed by atoms with Gasteiger partial charge in [0.15, 0.2) is 0 Å². The number of hydrogen-bond donors (Lipinski definition) is 1. The molecule has 0 aliphatic carbocycles. The molecule has 1 aromatic rings. The van der Waals surface area contributed by atoms with E-state index in [-0.39, 0.29) is 18.1 Å². The van der Waals surface area contributed by atoms with Crippen LogP contribution >= 0.6 is 0 Å². The number of methoxy groups -OCH3 is 1. The molecule has 2 rings (SSSR count). The predicted octanol–water partition coefficient (Wildman–Crippen LogP) is 1.39. The van der Waals surface area contributed by atoms with Crippen molar-refractivity contribution in [2.75, 3.05) is 13.7 Å². The molecule has 1 fully saturated rings. The first kappa shape index (κ1) is 12.8. The molecule has 0 saturated carbocycles. The van der Waals surface area contributed by atoms with Crippen molar-refractivity contribution in [3.8, 4) is 5.88 Å². The van der Waals surface area contributed by atoms with Crippen molar-refractivity contribution in [2.24, 2.45) is 0 Å². The Morgan fingerprint density at radius 1 is 1.67 bits per heavy atom. The van der Waals surface area contributed by atoms with Crippen LogP contribution in [0.4, 0.5) is 0 Å². The number of carbonyl (C=O) groups is 1. The van der Waals surface area contributed by atoms with Crippen molar-refractivity contribution in [2.45, 2.75) is 31.9 Å². The topological polar surface area (TPSA) is 60.5 Å². The lowest BCUT2D eigenvalue weighted by Crippen LogP contribution is -2.41. The Balaban J connectivity index is 2.02. The summed E-state index contributed by atoms with van der Waals surface area (Å²) in [6.07, 6.45) is 3.75. The number of carbonyl (C=O) groups excluding carboxylic acids is 1. The van der Waals surface area contributed by atoms with Crippen LogP contribution in [0.1, 0.15) is 30.1 Å². The third-order valence-corrected chi connectivity index (χ3v) is 3.09. The van der Waals surface area contributed by atoms with Gasteiger partial charge in [-0.2, -0.15) is 0 Å². The van der Waals surface area contributed by atoms with Gasteiger partial charge in [0, 0.05) is 12.8 Å². The fourth-order valence-electron chi connectivity index (χ4n) is 2.10. The van der Waals surface area contributed by atoms with Crippen molar-refractivity contribution in [3.05, 3.63) is 23.9 Å². The van der Waals surface area contributed by atoms with E-state index in [4.69, 9.17) is 9.47 Å². The number of pyridine rings is 1. The van der Waals surface area contributed by atoms with Gasteiger partial charge in [-0.1, -0.05) is 0 Å². The van der Waals surface area contributed by atoms with Crippen LogP contribution in [0.15, 0.2) is 18.3 Å². The molecule has 1 aliphatic heterocycles. The van der Waals surface area contributed by atoms with Gasteiger partial charge in [-0.3, -0.25) is 4.79 Å². The minimum atomic E-state index is -0.178. The van der Waals surface area contributed by atoms with Gasteiger partial charge in [0.05, 0.1) is 19.3 Å². The molecule has 18 heavy (non-hydrogen) atoms. The molecule has 0 aromatic carbocycles. The Morgan fingerprint density at radius 2 is 2.50 bits per heavy atom. The van der Waals surface area contributed by atoms with E-state index in [1.807, 2.05) is 6.92 Å². The summed E-state index contributed by atoms with van der Waals surface area (Å²) in [5.41, 5.74) is 0.449. The van der Waals surface area contributed by atoms with Crippen LogP contribution in [0.25, 0.3) is 0 Å². The number of nitrogens with one attached hydrogen (secondary N) is 1. The number of amides is 1. The third kappa shape index (κ3) is 2.79. The number of nitrogens with zero attached hydrogens (tertiary/aromatic N) is 1. The summed E-state index contributed by atoms with van der Waals surface area (Å²) in [5, 5.41) is 2.93. The highest BCUT2D eigenvalue weighted by Gasteiger charge is 2.24. The van der Waals surface area contributed by atoms with E-state index in [2.05, 4.69) is 10.3 Å². The second-order valence-corrected chi connectivity index (χ2v) is 4.37. The molecule has 0 radical (unpaired) electrons. The van der Waals surface area contributed by atoms with E-state index in [0.717, 1.165) is 19.4 Å². The number of ether oxygens (including phenoxy) is 2. The summed E-state index contributed by atoms with van der Waals surface area (Å²) in [5.74, 6) is 0.164. The molecule has 2 heterocycles. The first-order valence-electron chi connectivity index (χ1n) is 6.14. The van der Waals surface area contributed by atoms with E-state index in [0.29, 0.717) is 11.4 Å². The molecule has 1 amide bonds. The lowest BCUT2D eigenvalue weighted by molar-refractivity contribution is 0.0710. The van der Waals surface area contributed by atoms with E-state index < -0.39 is 0 Å². The minimum Gasteiger partial charge on any atom is -0.480 e. The first-order valence-corrected chi connectivity index (χ1v) is 6.14. The molecule has 0 unspecified atom stereocenters. The molecular weight excluding hydrogens is 232 g/mol. The van der Waals surface area contributed by atoms with Crippen LogP contribution in [0.5, 0.6) is 5.88 Å². The average molecular weight is 250 g/mol. The fourth-order valence-corrected chi connectivity index (χ4v) is 2.10. The second-order valence-electron chi connectivity index (χ2n) is 4.37. The summed E-state index contributed by atoms with van der Waals surface area (Å²) in [7, 11) is 1.50. The van der Waals surface area contributed by atoms with Crippen LogP contribution in [-0.4, -0.2) is 36.8 Å². The van der Waals surface area contributed by atoms with Gasteiger partial charge in [0.25, 0.3) is 5.91 Å². The quantitative estimate of drug-likeness (QED) is 0.877. The summed E-state index contributed by atoms with van der Waals surface area (Å²) in [4.78, 5) is 16.1. The van der Waals surface area contributed by atoms with Crippen LogP contribution in [0.3, 0.4) is 0 Å². The molecule has 5 nitrogen and oxygen atoms in total. The molecule has 5 heteroatoms. The van der Waals surface area contributed by atoms with Gasteiger partial charge >= 0.3 is 0 Å².